The van der Waals surface area contributed by atoms with Crippen molar-refractivity contribution < 1.29 is 23.1 Å². The van der Waals surface area contributed by atoms with Gasteiger partial charge in [-0.1, -0.05) is 6.07 Å². The lowest BCUT2D eigenvalue weighted by atomic mass is 10.2. The summed E-state index contributed by atoms with van der Waals surface area (Å²) in [5, 5.41) is 21.6. The van der Waals surface area contributed by atoms with Crippen LogP contribution in [0.15, 0.2) is 35.5 Å². The topological polar surface area (TPSA) is 130 Å². The molecule has 0 atom stereocenters. The molecule has 0 aliphatic heterocycles. The van der Waals surface area contributed by atoms with Gasteiger partial charge in [0.2, 0.25) is 0 Å². The van der Waals surface area contributed by atoms with Gasteiger partial charge in [-0.05, 0) is 18.2 Å². The van der Waals surface area contributed by atoms with Crippen LogP contribution in [0.25, 0.3) is 5.69 Å². The van der Waals surface area contributed by atoms with Gasteiger partial charge in [0.05, 0.1) is 18.5 Å². The minimum absolute atomic E-state index is 0.0866. The van der Waals surface area contributed by atoms with E-state index in [2.05, 4.69) is 25.8 Å². The predicted molar refractivity (Wildman–Crippen MR) is 86.9 cm³/mol. The molecule has 1 heterocycles. The molecule has 0 unspecified atom stereocenters. The van der Waals surface area contributed by atoms with Crippen molar-refractivity contribution in [3.8, 4) is 5.69 Å². The van der Waals surface area contributed by atoms with Crippen molar-refractivity contribution in [3.05, 3.63) is 36.0 Å². The third-order valence-electron chi connectivity index (χ3n) is 2.91. The molecule has 0 bridgehead atoms. The second-order valence-electron chi connectivity index (χ2n) is 4.99. The minimum atomic E-state index is -4.46. The lowest BCUT2D eigenvalue weighted by Gasteiger charge is -2.06. The number of anilines is 1. The number of hydrogen-bond donors (Lipinski definition) is 4. The van der Waals surface area contributed by atoms with Crippen LogP contribution < -0.4 is 16.4 Å². The monoisotopic (exact) mass is 371 g/mol. The van der Waals surface area contributed by atoms with Gasteiger partial charge in [-0.25, -0.2) is 4.99 Å². The van der Waals surface area contributed by atoms with Crippen LogP contribution in [0.1, 0.15) is 10.4 Å². The largest absolute Gasteiger partial charge is 0.408 e. The first kappa shape index (κ1) is 19.2. The number of hydrogen-bond acceptors (Lipinski definition) is 5. The van der Waals surface area contributed by atoms with Gasteiger partial charge in [0.15, 0.2) is 11.8 Å². The van der Waals surface area contributed by atoms with Crippen molar-refractivity contribution in [3.63, 3.8) is 0 Å². The van der Waals surface area contributed by atoms with Crippen molar-refractivity contribution in [2.24, 2.45) is 10.7 Å². The molecule has 26 heavy (non-hydrogen) atoms. The summed E-state index contributed by atoms with van der Waals surface area (Å²) in [6, 6.07) is 6.32. The van der Waals surface area contributed by atoms with E-state index in [1.165, 1.54) is 17.1 Å². The summed E-state index contributed by atoms with van der Waals surface area (Å²) in [4.78, 5) is 16.2. The molecule has 0 aliphatic rings. The average molecular weight is 371 g/mol. The van der Waals surface area contributed by atoms with Crippen LogP contribution >= 0.6 is 0 Å². The average Bonchev–Trinajstić information content (AvgIpc) is 3.06. The van der Waals surface area contributed by atoms with E-state index >= 15 is 0 Å². The van der Waals surface area contributed by atoms with Gasteiger partial charge in [0, 0.05) is 12.1 Å². The molecule has 0 saturated carbocycles. The fourth-order valence-electron chi connectivity index (χ4n) is 1.83. The summed E-state index contributed by atoms with van der Waals surface area (Å²) in [5.74, 6) is -0.745. The van der Waals surface area contributed by atoms with E-state index in [9.17, 15) is 18.0 Å². The zero-order valence-electron chi connectivity index (χ0n) is 13.4. The van der Waals surface area contributed by atoms with Crippen molar-refractivity contribution >= 4 is 17.7 Å². The molecule has 5 N–H and O–H groups in total. The lowest BCUT2D eigenvalue weighted by Crippen LogP contribution is -2.26. The van der Waals surface area contributed by atoms with Gasteiger partial charge in [0.1, 0.15) is 6.54 Å². The van der Waals surface area contributed by atoms with E-state index in [1.54, 1.807) is 18.2 Å². The third kappa shape index (κ3) is 5.73. The van der Waals surface area contributed by atoms with E-state index in [0.29, 0.717) is 11.3 Å². The summed E-state index contributed by atoms with van der Waals surface area (Å²) in [6.07, 6.45) is -3.21. The van der Waals surface area contributed by atoms with Crippen LogP contribution in [0.5, 0.6) is 0 Å². The molecule has 12 heteroatoms. The number of aliphatic hydroxyl groups is 1. The number of nitrogens with zero attached hydrogens (tertiary/aromatic N) is 4. The molecule has 2 aromatic rings. The Hall–Kier alpha value is -3.15. The number of halogens is 3. The van der Waals surface area contributed by atoms with Crippen LogP contribution in [0, 0.1) is 0 Å². The summed E-state index contributed by atoms with van der Waals surface area (Å²) < 4.78 is 36.3. The molecule has 1 aromatic heterocycles. The number of carbonyl (C=O) groups excluding carboxylic acids is 1. The minimum Gasteiger partial charge on any atom is -0.395 e. The van der Waals surface area contributed by atoms with E-state index in [4.69, 9.17) is 10.8 Å². The van der Waals surface area contributed by atoms with E-state index in [-0.39, 0.29) is 24.9 Å². The third-order valence-corrected chi connectivity index (χ3v) is 2.91. The van der Waals surface area contributed by atoms with Gasteiger partial charge >= 0.3 is 6.18 Å². The predicted octanol–water partition coefficient (Wildman–Crippen LogP) is 0.278. The normalized spacial score (nSPS) is 12.1. The first-order chi connectivity index (χ1) is 12.3. The van der Waals surface area contributed by atoms with Crippen LogP contribution in [0.3, 0.4) is 0 Å². The Balaban J connectivity index is 2.08. The number of carbonyl (C=O) groups is 1. The van der Waals surface area contributed by atoms with E-state index in [0.717, 1.165) is 0 Å². The molecular weight excluding hydrogens is 355 g/mol. The summed E-state index contributed by atoms with van der Waals surface area (Å²) in [5.41, 5.74) is 6.13. The number of aromatic nitrogens is 3. The molecule has 1 aromatic carbocycles. The van der Waals surface area contributed by atoms with Crippen LogP contribution in [0.4, 0.5) is 19.0 Å². The maximum Gasteiger partial charge on any atom is 0.408 e. The number of aliphatic imine (C=N–C) groups is 1. The molecule has 0 aliphatic carbocycles. The molecular formula is C14H16F3N7O2. The molecule has 140 valence electrons. The van der Waals surface area contributed by atoms with Crippen molar-refractivity contribution in [1.29, 1.82) is 0 Å². The maximum absolute atomic E-state index is 12.1. The number of guanidine groups is 1. The van der Waals surface area contributed by atoms with Crippen LogP contribution in [-0.4, -0.2) is 57.8 Å². The highest BCUT2D eigenvalue weighted by Gasteiger charge is 2.26. The number of aliphatic hydroxyl groups excluding tert-OH is 1. The van der Waals surface area contributed by atoms with Gasteiger partial charge in [0.25, 0.3) is 5.91 Å². The van der Waals surface area contributed by atoms with Crippen molar-refractivity contribution in [2.75, 3.05) is 25.0 Å². The van der Waals surface area contributed by atoms with Gasteiger partial charge in [-0.2, -0.15) is 18.3 Å². The number of rotatable bonds is 6. The van der Waals surface area contributed by atoms with Crippen molar-refractivity contribution in [2.45, 2.75) is 6.18 Å². The quantitative estimate of drug-likeness (QED) is 0.426. The Kier molecular flexibility index (Phi) is 6.11. The lowest BCUT2D eigenvalue weighted by molar-refractivity contribution is -0.118. The highest BCUT2D eigenvalue weighted by atomic mass is 19.4. The Morgan fingerprint density at radius 1 is 1.38 bits per heavy atom. The van der Waals surface area contributed by atoms with Gasteiger partial charge in [-0.15, -0.1) is 9.90 Å². The van der Waals surface area contributed by atoms with Gasteiger partial charge < -0.3 is 21.5 Å². The number of amides is 1. The van der Waals surface area contributed by atoms with E-state index < -0.39 is 18.7 Å². The number of nitrogens with one attached hydrogen (secondary N) is 2. The Bertz CT molecular complexity index is 789. The van der Waals surface area contributed by atoms with Crippen LogP contribution in [0.2, 0.25) is 0 Å². The first-order valence-electron chi connectivity index (χ1n) is 7.34. The first-order valence-corrected chi connectivity index (χ1v) is 7.34. The second-order valence-corrected chi connectivity index (χ2v) is 4.99. The standard InChI is InChI=1S/C14H16F3N7O2/c15-14(16,17)8-20-13(18)22-11-7-21-24(23-11)10-3-1-2-9(6-10)12(26)19-4-5-25/h1-3,6-7,25H,4-5,8H2,(H,19,26)(H3,18,20,22,23). The smallest absolute Gasteiger partial charge is 0.395 e. The SMILES string of the molecule is N/C(=N/CC(F)(F)F)Nc1cnn(-c2cccc(C(=O)NCCO)c2)n1. The Morgan fingerprint density at radius 3 is 2.85 bits per heavy atom. The fraction of sp³-hybridized carbons (Fsp3) is 0.286. The maximum atomic E-state index is 12.1. The highest BCUT2D eigenvalue weighted by Crippen LogP contribution is 2.14. The number of benzene rings is 1. The molecule has 1 amide bonds. The molecule has 0 fully saturated rings. The highest BCUT2D eigenvalue weighted by molar-refractivity contribution is 5.94. The fourth-order valence-corrected chi connectivity index (χ4v) is 1.83. The van der Waals surface area contributed by atoms with Crippen molar-refractivity contribution in [1.82, 2.24) is 20.3 Å². The zero-order valence-corrected chi connectivity index (χ0v) is 13.4. The number of alkyl halides is 3. The molecule has 0 radical (unpaired) electrons. The summed E-state index contributed by atoms with van der Waals surface area (Å²) >= 11 is 0. The molecule has 9 nitrogen and oxygen atoms in total. The molecule has 0 spiro atoms. The zero-order chi connectivity index (χ0) is 19.2. The van der Waals surface area contributed by atoms with E-state index in [1.807, 2.05) is 0 Å². The summed E-state index contributed by atoms with van der Waals surface area (Å²) in [6.45, 7) is -1.48. The second kappa shape index (κ2) is 8.29. The molecule has 0 saturated heterocycles. The summed E-state index contributed by atoms with van der Waals surface area (Å²) in [7, 11) is 0. The molecule has 2 rings (SSSR count). The van der Waals surface area contributed by atoms with Gasteiger partial charge in [-0.3, -0.25) is 4.79 Å². The van der Waals surface area contributed by atoms with Crippen LogP contribution in [-0.2, 0) is 0 Å². The number of nitrogens with two attached hydrogens (primary N) is 1. The Morgan fingerprint density at radius 2 is 2.15 bits per heavy atom. The Labute approximate surface area is 145 Å².